The molecule has 0 fully saturated rings. The highest BCUT2D eigenvalue weighted by Gasteiger charge is 2.14. The maximum atomic E-state index is 5.98. The van der Waals surface area contributed by atoms with Crippen molar-refractivity contribution >= 4 is 28.6 Å². The average molecular weight is 294 g/mol. The number of benzene rings is 1. The third-order valence-electron chi connectivity index (χ3n) is 3.10. The van der Waals surface area contributed by atoms with Crippen molar-refractivity contribution in [2.45, 2.75) is 0 Å². The summed E-state index contributed by atoms with van der Waals surface area (Å²) in [5.74, 6) is 0.997. The molecule has 8 heteroatoms. The molecular formula is C14H14N8. The minimum absolute atomic E-state index is 0.146. The molecule has 2 aromatic heterocycles. The van der Waals surface area contributed by atoms with Crippen LogP contribution in [0.4, 0.5) is 11.6 Å². The van der Waals surface area contributed by atoms with Gasteiger partial charge in [-0.15, -0.1) is 0 Å². The van der Waals surface area contributed by atoms with Crippen LogP contribution in [0.5, 0.6) is 0 Å². The van der Waals surface area contributed by atoms with Crippen molar-refractivity contribution < 1.29 is 0 Å². The number of nitrogens with zero attached hydrogens (tertiary/aromatic N) is 5. The second-order valence-corrected chi connectivity index (χ2v) is 4.54. The van der Waals surface area contributed by atoms with E-state index >= 15 is 0 Å². The number of rotatable bonds is 2. The van der Waals surface area contributed by atoms with Gasteiger partial charge in [0.2, 0.25) is 0 Å². The highest BCUT2D eigenvalue weighted by Crippen LogP contribution is 2.22. The van der Waals surface area contributed by atoms with Gasteiger partial charge in [-0.25, -0.2) is 19.9 Å². The number of amidine groups is 1. The predicted molar refractivity (Wildman–Crippen MR) is 86.0 cm³/mol. The summed E-state index contributed by atoms with van der Waals surface area (Å²) in [5.41, 5.74) is 19.4. The van der Waals surface area contributed by atoms with Crippen molar-refractivity contribution in [1.29, 1.82) is 0 Å². The van der Waals surface area contributed by atoms with Gasteiger partial charge < -0.3 is 17.2 Å². The summed E-state index contributed by atoms with van der Waals surface area (Å²) in [6.07, 6.45) is 0. The Balaban J connectivity index is 2.24. The zero-order valence-electron chi connectivity index (χ0n) is 11.9. The lowest BCUT2D eigenvalue weighted by molar-refractivity contribution is 1.15. The SMILES string of the molecule is CN=C(N)c1nc2c(N)nc(-c3ccccc3)nc2nc1N. The molecule has 0 bridgehead atoms. The van der Waals surface area contributed by atoms with Crippen LogP contribution < -0.4 is 17.2 Å². The molecule has 3 aromatic rings. The van der Waals surface area contributed by atoms with Crippen LogP contribution in [0.1, 0.15) is 5.69 Å². The number of nitrogen functional groups attached to an aromatic ring is 2. The fourth-order valence-electron chi connectivity index (χ4n) is 1.99. The van der Waals surface area contributed by atoms with E-state index in [1.54, 1.807) is 7.05 Å². The first-order valence-electron chi connectivity index (χ1n) is 6.49. The van der Waals surface area contributed by atoms with Gasteiger partial charge in [0.25, 0.3) is 0 Å². The van der Waals surface area contributed by atoms with E-state index in [-0.39, 0.29) is 23.2 Å². The summed E-state index contributed by atoms with van der Waals surface area (Å²) in [6, 6.07) is 9.45. The van der Waals surface area contributed by atoms with Gasteiger partial charge in [0.05, 0.1) is 0 Å². The maximum absolute atomic E-state index is 5.98. The molecule has 0 saturated heterocycles. The van der Waals surface area contributed by atoms with Gasteiger partial charge in [-0.05, 0) is 0 Å². The number of hydrogen-bond donors (Lipinski definition) is 3. The monoisotopic (exact) mass is 294 g/mol. The largest absolute Gasteiger partial charge is 0.382 e. The number of anilines is 2. The molecule has 0 saturated carbocycles. The van der Waals surface area contributed by atoms with Crippen molar-refractivity contribution in [3.05, 3.63) is 36.0 Å². The number of hydrogen-bond acceptors (Lipinski definition) is 7. The molecule has 0 radical (unpaired) electrons. The van der Waals surface area contributed by atoms with E-state index in [9.17, 15) is 0 Å². The van der Waals surface area contributed by atoms with Crippen LogP contribution in [0.15, 0.2) is 35.3 Å². The number of aliphatic imine (C=N–C) groups is 1. The molecule has 3 rings (SSSR count). The second kappa shape index (κ2) is 5.24. The Morgan fingerprint density at radius 3 is 2.36 bits per heavy atom. The van der Waals surface area contributed by atoms with Crippen LogP contribution in [-0.4, -0.2) is 32.8 Å². The molecule has 1 aromatic carbocycles. The van der Waals surface area contributed by atoms with Crippen LogP contribution in [0, 0.1) is 0 Å². The standard InChI is InChI=1S/C14H14N8/c1-18-10(15)8-11(16)21-14-9(19-8)12(17)20-13(22-14)7-5-3-2-4-6-7/h2-6H,1H3,(H2,15,18)(H4,16,17,20,21,22). The summed E-state index contributed by atoms with van der Waals surface area (Å²) in [7, 11) is 1.54. The molecule has 0 aliphatic rings. The van der Waals surface area contributed by atoms with Crippen LogP contribution in [0.3, 0.4) is 0 Å². The topological polar surface area (TPSA) is 142 Å². The zero-order chi connectivity index (χ0) is 15.7. The van der Waals surface area contributed by atoms with Gasteiger partial charge in [0.15, 0.2) is 28.6 Å². The van der Waals surface area contributed by atoms with Crippen LogP contribution >= 0.6 is 0 Å². The van der Waals surface area contributed by atoms with Gasteiger partial charge in [-0.2, -0.15) is 0 Å². The Kier molecular flexibility index (Phi) is 3.26. The Bertz CT molecular complexity index is 873. The molecule has 0 amide bonds. The molecule has 0 spiro atoms. The second-order valence-electron chi connectivity index (χ2n) is 4.54. The van der Waals surface area contributed by atoms with Gasteiger partial charge in [0, 0.05) is 12.6 Å². The first-order chi connectivity index (χ1) is 10.6. The Morgan fingerprint density at radius 1 is 0.955 bits per heavy atom. The highest BCUT2D eigenvalue weighted by atomic mass is 15.1. The van der Waals surface area contributed by atoms with Gasteiger partial charge in [-0.3, -0.25) is 4.99 Å². The van der Waals surface area contributed by atoms with Crippen molar-refractivity contribution in [2.24, 2.45) is 10.7 Å². The zero-order valence-corrected chi connectivity index (χ0v) is 11.9. The molecule has 0 atom stereocenters. The van der Waals surface area contributed by atoms with E-state index < -0.39 is 0 Å². The summed E-state index contributed by atoms with van der Waals surface area (Å²) in [5, 5.41) is 0. The smallest absolute Gasteiger partial charge is 0.186 e. The minimum Gasteiger partial charge on any atom is -0.382 e. The van der Waals surface area contributed by atoms with E-state index in [4.69, 9.17) is 17.2 Å². The Labute approximate surface area is 126 Å². The van der Waals surface area contributed by atoms with Crippen molar-refractivity contribution in [1.82, 2.24) is 19.9 Å². The lowest BCUT2D eigenvalue weighted by Gasteiger charge is -2.08. The van der Waals surface area contributed by atoms with Crippen molar-refractivity contribution in [2.75, 3.05) is 18.5 Å². The molecule has 0 aliphatic carbocycles. The third kappa shape index (κ3) is 2.26. The maximum Gasteiger partial charge on any atom is 0.186 e. The molecule has 0 aliphatic heterocycles. The average Bonchev–Trinajstić information content (AvgIpc) is 2.54. The fraction of sp³-hybridized carbons (Fsp3) is 0.0714. The van der Waals surface area contributed by atoms with Gasteiger partial charge >= 0.3 is 0 Å². The molecule has 0 unspecified atom stereocenters. The van der Waals surface area contributed by atoms with Crippen LogP contribution in [0.2, 0.25) is 0 Å². The molecule has 6 N–H and O–H groups in total. The highest BCUT2D eigenvalue weighted by molar-refractivity contribution is 6.01. The lowest BCUT2D eigenvalue weighted by Crippen LogP contribution is -2.19. The number of aromatic nitrogens is 4. The number of fused-ring (bicyclic) bond motifs is 1. The predicted octanol–water partition coefficient (Wildman–Crippen LogP) is 0.586. The molecule has 2 heterocycles. The van der Waals surface area contributed by atoms with E-state index in [0.717, 1.165) is 5.56 Å². The molecule has 8 nitrogen and oxygen atoms in total. The Hall–Kier alpha value is -3.29. The molecule has 22 heavy (non-hydrogen) atoms. The van der Waals surface area contributed by atoms with Crippen molar-refractivity contribution in [3.63, 3.8) is 0 Å². The van der Waals surface area contributed by atoms with E-state index in [2.05, 4.69) is 24.9 Å². The van der Waals surface area contributed by atoms with Crippen LogP contribution in [-0.2, 0) is 0 Å². The van der Waals surface area contributed by atoms with E-state index in [1.807, 2.05) is 30.3 Å². The normalized spacial score (nSPS) is 11.8. The van der Waals surface area contributed by atoms with Gasteiger partial charge in [-0.1, -0.05) is 30.3 Å². The Morgan fingerprint density at radius 2 is 1.68 bits per heavy atom. The van der Waals surface area contributed by atoms with E-state index in [1.165, 1.54) is 0 Å². The number of nitrogens with two attached hydrogens (primary N) is 3. The summed E-state index contributed by atoms with van der Waals surface area (Å²) >= 11 is 0. The first kappa shape index (κ1) is 13.7. The first-order valence-corrected chi connectivity index (χ1v) is 6.49. The molecule has 110 valence electrons. The van der Waals surface area contributed by atoms with Crippen molar-refractivity contribution in [3.8, 4) is 11.4 Å². The minimum atomic E-state index is 0.146. The quantitative estimate of drug-likeness (QED) is 0.463. The summed E-state index contributed by atoms with van der Waals surface area (Å²) in [4.78, 5) is 21.0. The lowest BCUT2D eigenvalue weighted by atomic mass is 10.2. The summed E-state index contributed by atoms with van der Waals surface area (Å²) in [6.45, 7) is 0. The third-order valence-corrected chi connectivity index (χ3v) is 3.10. The van der Waals surface area contributed by atoms with Crippen LogP contribution in [0.25, 0.3) is 22.6 Å². The summed E-state index contributed by atoms with van der Waals surface area (Å²) < 4.78 is 0. The van der Waals surface area contributed by atoms with Gasteiger partial charge in [0.1, 0.15) is 11.5 Å². The van der Waals surface area contributed by atoms with E-state index in [0.29, 0.717) is 17.0 Å². The fourth-order valence-corrected chi connectivity index (χ4v) is 1.99. The molecular weight excluding hydrogens is 280 g/mol.